The number of rotatable bonds is 16. The molecule has 4 unspecified atom stereocenters. The lowest BCUT2D eigenvalue weighted by atomic mass is 9.87. The first-order valence-corrected chi connectivity index (χ1v) is 18.6. The molecule has 0 aliphatic carbocycles. The van der Waals surface area contributed by atoms with Crippen LogP contribution in [0, 0.1) is 11.8 Å². The van der Waals surface area contributed by atoms with Crippen LogP contribution in [0.15, 0.2) is 54.2 Å². The van der Waals surface area contributed by atoms with E-state index in [1.165, 1.54) is 19.9 Å². The lowest BCUT2D eigenvalue weighted by Crippen LogP contribution is -2.52. The number of aliphatic hydroxyl groups excluding tert-OH is 1. The van der Waals surface area contributed by atoms with E-state index in [0.717, 1.165) is 12.0 Å². The van der Waals surface area contributed by atoms with E-state index >= 15 is 0 Å². The van der Waals surface area contributed by atoms with Crippen LogP contribution in [0.4, 0.5) is 0 Å². The predicted molar refractivity (Wildman–Crippen MR) is 200 cm³/mol. The highest BCUT2D eigenvalue weighted by molar-refractivity contribution is 6.42. The maximum atomic E-state index is 13.0. The van der Waals surface area contributed by atoms with Crippen molar-refractivity contribution in [1.29, 1.82) is 0 Å². The van der Waals surface area contributed by atoms with Gasteiger partial charge in [0.15, 0.2) is 0 Å². The standard InChI is InChI=1S/C39H55Cl2NO11/c1-8-31(49-7)24(3)35-36(53-35)37(42-20-26-11-13-29(40)30(41)18-26)39(6,48)16-9-10-23(2)34-27(21-50-22-43)12-14-32(51-25(4)44)38(5,47)17-15-28(45)19-33(46)52-34/h9-14,16,18,22,24,27-28,31-32,34-37,42,45,47-48H,8,15,17,19-21H2,1-7H3/b14-12+,16-9+,23-10+/t24-,27-,28?,31+,32+,34-,35?,36+,37?,38-,39?/m1/s1. The second kappa shape index (κ2) is 20.2. The van der Waals surface area contributed by atoms with Gasteiger partial charge in [-0.3, -0.25) is 14.4 Å². The maximum Gasteiger partial charge on any atom is 0.309 e. The number of ether oxygens (including phenoxy) is 5. The van der Waals surface area contributed by atoms with Gasteiger partial charge in [-0.1, -0.05) is 67.4 Å². The van der Waals surface area contributed by atoms with Gasteiger partial charge >= 0.3 is 11.9 Å². The summed E-state index contributed by atoms with van der Waals surface area (Å²) in [6.45, 7) is 10.6. The van der Waals surface area contributed by atoms with Crippen LogP contribution in [0.2, 0.25) is 10.0 Å². The highest BCUT2D eigenvalue weighted by Crippen LogP contribution is 2.39. The average Bonchev–Trinajstić information content (AvgIpc) is 3.87. The number of allylic oxidation sites excluding steroid dienone is 2. The van der Waals surface area contributed by atoms with E-state index in [9.17, 15) is 29.7 Å². The molecule has 14 heteroatoms. The van der Waals surface area contributed by atoms with E-state index in [-0.39, 0.29) is 56.6 Å². The van der Waals surface area contributed by atoms with Crippen molar-refractivity contribution < 1.29 is 53.4 Å². The van der Waals surface area contributed by atoms with Crippen molar-refractivity contribution in [2.45, 2.75) is 128 Å². The fourth-order valence-corrected chi connectivity index (χ4v) is 7.03. The Morgan fingerprint density at radius 1 is 1.21 bits per heavy atom. The number of epoxide rings is 1. The zero-order valence-electron chi connectivity index (χ0n) is 31.5. The van der Waals surface area contributed by atoms with Gasteiger partial charge in [-0.05, 0) is 69.4 Å². The minimum atomic E-state index is -1.58. The SMILES string of the molecule is CC[C@H](OC)[C@@H](C)C1O[C@@H]1C(NCc1ccc(Cl)c(Cl)c1)C(C)(O)/C=C/C=C(\C)[C@H]1OC(=O)CC(O)CC[C@@](C)(O)[C@@H](OC(C)=O)/C=C/[C@@H]1COC=O. The van der Waals surface area contributed by atoms with E-state index in [0.29, 0.717) is 22.2 Å². The van der Waals surface area contributed by atoms with Crippen LogP contribution in [0.25, 0.3) is 0 Å². The summed E-state index contributed by atoms with van der Waals surface area (Å²) in [7, 11) is 1.67. The minimum absolute atomic E-state index is 0.0206. The summed E-state index contributed by atoms with van der Waals surface area (Å²) < 4.78 is 28.2. The Kier molecular flexibility index (Phi) is 17.0. The number of hydrogen-bond donors (Lipinski definition) is 4. The number of nitrogens with one attached hydrogen (secondary N) is 1. The molecule has 0 spiro atoms. The van der Waals surface area contributed by atoms with Gasteiger partial charge in [0.2, 0.25) is 0 Å². The van der Waals surface area contributed by atoms with Crippen LogP contribution in [0.5, 0.6) is 0 Å². The van der Waals surface area contributed by atoms with Gasteiger partial charge in [0, 0.05) is 26.5 Å². The number of carbonyl (C=O) groups excluding carboxylic acids is 3. The van der Waals surface area contributed by atoms with Gasteiger partial charge in [-0.2, -0.15) is 0 Å². The van der Waals surface area contributed by atoms with Gasteiger partial charge in [-0.15, -0.1) is 0 Å². The summed E-state index contributed by atoms with van der Waals surface area (Å²) in [5.41, 5.74) is -1.67. The molecule has 1 fully saturated rings. The quantitative estimate of drug-likeness (QED) is 0.0441. The smallest absolute Gasteiger partial charge is 0.309 e. The lowest BCUT2D eigenvalue weighted by Gasteiger charge is -2.33. The first kappa shape index (κ1) is 44.6. The fraction of sp³-hybridized carbons (Fsp3) is 0.615. The van der Waals surface area contributed by atoms with Gasteiger partial charge in [0.25, 0.3) is 6.47 Å². The summed E-state index contributed by atoms with van der Waals surface area (Å²) in [6.07, 6.45) is 4.65. The molecule has 1 aromatic rings. The molecule has 2 aliphatic heterocycles. The first-order chi connectivity index (χ1) is 24.9. The molecule has 296 valence electrons. The third-order valence-corrected chi connectivity index (χ3v) is 10.6. The molecular weight excluding hydrogens is 729 g/mol. The van der Waals surface area contributed by atoms with Crippen LogP contribution < -0.4 is 5.32 Å². The number of aliphatic hydroxyl groups is 3. The van der Waals surface area contributed by atoms with Crippen molar-refractivity contribution >= 4 is 41.6 Å². The molecule has 4 N–H and O–H groups in total. The van der Waals surface area contributed by atoms with Gasteiger partial charge in [0.1, 0.15) is 30.5 Å². The Morgan fingerprint density at radius 2 is 1.92 bits per heavy atom. The predicted octanol–water partition coefficient (Wildman–Crippen LogP) is 5.02. The van der Waals surface area contributed by atoms with Gasteiger partial charge < -0.3 is 44.3 Å². The van der Waals surface area contributed by atoms with Crippen LogP contribution >= 0.6 is 23.2 Å². The maximum absolute atomic E-state index is 13.0. The van der Waals surface area contributed by atoms with E-state index < -0.39 is 53.4 Å². The molecule has 2 aliphatic rings. The monoisotopic (exact) mass is 783 g/mol. The Morgan fingerprint density at radius 3 is 2.55 bits per heavy atom. The summed E-state index contributed by atoms with van der Waals surface area (Å²) in [4.78, 5) is 36.2. The molecule has 0 saturated carbocycles. The molecule has 12 nitrogen and oxygen atoms in total. The van der Waals surface area contributed by atoms with Crippen molar-refractivity contribution in [3.63, 3.8) is 0 Å². The lowest BCUT2D eigenvalue weighted by molar-refractivity contribution is -0.157. The number of methoxy groups -OCH3 is 1. The summed E-state index contributed by atoms with van der Waals surface area (Å²) >= 11 is 12.4. The minimum Gasteiger partial charge on any atom is -0.467 e. The van der Waals surface area contributed by atoms with Crippen LogP contribution in [-0.4, -0.2) is 101 Å². The van der Waals surface area contributed by atoms with E-state index in [1.54, 1.807) is 57.4 Å². The molecule has 0 amide bonds. The van der Waals surface area contributed by atoms with Crippen molar-refractivity contribution in [2.75, 3.05) is 13.7 Å². The summed E-state index contributed by atoms with van der Waals surface area (Å²) in [6, 6.07) is 4.74. The Labute approximate surface area is 322 Å². The normalized spacial score (nSPS) is 30.5. The number of benzene rings is 1. The number of carbonyl (C=O) groups is 3. The van der Waals surface area contributed by atoms with Crippen LogP contribution in [-0.2, 0) is 44.6 Å². The van der Waals surface area contributed by atoms with Crippen molar-refractivity contribution in [1.82, 2.24) is 5.32 Å². The van der Waals surface area contributed by atoms with E-state index in [4.69, 9.17) is 46.9 Å². The molecule has 0 aromatic heterocycles. The molecule has 0 radical (unpaired) electrons. The van der Waals surface area contributed by atoms with Crippen molar-refractivity contribution in [2.24, 2.45) is 11.8 Å². The van der Waals surface area contributed by atoms with Crippen LogP contribution in [0.1, 0.15) is 72.8 Å². The molecule has 1 aromatic carbocycles. The molecule has 3 rings (SSSR count). The molecular formula is C39H55Cl2NO11. The van der Waals surface area contributed by atoms with Crippen molar-refractivity contribution in [3.05, 3.63) is 69.8 Å². The summed E-state index contributed by atoms with van der Waals surface area (Å²) in [5.74, 6) is -2.06. The molecule has 11 atom stereocenters. The number of esters is 2. The van der Waals surface area contributed by atoms with Crippen molar-refractivity contribution in [3.8, 4) is 0 Å². The molecule has 2 heterocycles. The molecule has 53 heavy (non-hydrogen) atoms. The number of hydrogen-bond acceptors (Lipinski definition) is 12. The topological polar surface area (TPSA) is 173 Å². The zero-order chi connectivity index (χ0) is 39.5. The van der Waals surface area contributed by atoms with E-state index in [2.05, 4.69) is 12.2 Å². The average molecular weight is 785 g/mol. The zero-order valence-corrected chi connectivity index (χ0v) is 33.0. The van der Waals surface area contributed by atoms with E-state index in [1.807, 2.05) is 13.0 Å². The fourth-order valence-electron chi connectivity index (χ4n) is 6.71. The van der Waals surface area contributed by atoms with Gasteiger partial charge in [-0.25, -0.2) is 0 Å². The van der Waals surface area contributed by atoms with Gasteiger partial charge in [0.05, 0.1) is 52.3 Å². The Balaban J connectivity index is 1.96. The largest absolute Gasteiger partial charge is 0.467 e. The third-order valence-electron chi connectivity index (χ3n) is 9.91. The highest BCUT2D eigenvalue weighted by Gasteiger charge is 2.54. The second-order valence-corrected chi connectivity index (χ2v) is 15.2. The highest BCUT2D eigenvalue weighted by atomic mass is 35.5. The summed E-state index contributed by atoms with van der Waals surface area (Å²) in [5, 5.41) is 38.0. The molecule has 0 bridgehead atoms. The second-order valence-electron chi connectivity index (χ2n) is 14.4. The first-order valence-electron chi connectivity index (χ1n) is 17.9. The number of cyclic esters (lactones) is 1. The Bertz CT molecular complexity index is 1470. The molecule has 1 saturated heterocycles. The third kappa shape index (κ3) is 13.2. The number of halogens is 2. The van der Waals surface area contributed by atoms with Crippen LogP contribution in [0.3, 0.4) is 0 Å². The Hall–Kier alpha value is -2.81.